The number of sulfone groups is 1. The molecular formula is C24H29N3O2S. The van der Waals surface area contributed by atoms with Gasteiger partial charge < -0.3 is 10.6 Å². The predicted molar refractivity (Wildman–Crippen MR) is 125 cm³/mol. The Morgan fingerprint density at radius 2 is 1.67 bits per heavy atom. The molecule has 0 atom stereocenters. The first kappa shape index (κ1) is 21.8. The molecule has 0 aromatic heterocycles. The lowest BCUT2D eigenvalue weighted by Crippen LogP contribution is -2.38. The molecule has 0 radical (unpaired) electrons. The third-order valence-electron chi connectivity index (χ3n) is 4.92. The minimum atomic E-state index is -3.20. The van der Waals surface area contributed by atoms with E-state index in [4.69, 9.17) is 0 Å². The molecule has 0 unspecified atom stereocenters. The summed E-state index contributed by atoms with van der Waals surface area (Å²) in [6, 6.07) is 20.3. The van der Waals surface area contributed by atoms with Crippen LogP contribution >= 0.6 is 0 Å². The van der Waals surface area contributed by atoms with E-state index in [1.807, 2.05) is 26.0 Å². The van der Waals surface area contributed by atoms with Gasteiger partial charge in [0.2, 0.25) is 0 Å². The van der Waals surface area contributed by atoms with Crippen LogP contribution in [0.3, 0.4) is 0 Å². The van der Waals surface area contributed by atoms with Gasteiger partial charge in [0, 0.05) is 19.3 Å². The maximum Gasteiger partial charge on any atom is 0.191 e. The molecule has 0 saturated carbocycles. The second-order valence-corrected chi connectivity index (χ2v) is 9.41. The highest BCUT2D eigenvalue weighted by atomic mass is 32.2. The fraction of sp³-hybridized carbons (Fsp3) is 0.292. The van der Waals surface area contributed by atoms with Crippen molar-refractivity contribution < 1.29 is 8.42 Å². The topological polar surface area (TPSA) is 70.6 Å². The number of hydrogen-bond acceptors (Lipinski definition) is 3. The minimum Gasteiger partial charge on any atom is -0.357 e. The van der Waals surface area contributed by atoms with Crippen LogP contribution in [0.4, 0.5) is 0 Å². The molecule has 0 spiro atoms. The molecule has 0 aliphatic heterocycles. The molecule has 5 nitrogen and oxygen atoms in total. The molecule has 0 bridgehead atoms. The van der Waals surface area contributed by atoms with Gasteiger partial charge in [-0.2, -0.15) is 0 Å². The Balaban J connectivity index is 1.62. The fourth-order valence-electron chi connectivity index (χ4n) is 3.46. The number of benzene rings is 3. The number of hydrogen-bond donors (Lipinski definition) is 2. The highest BCUT2D eigenvalue weighted by Gasteiger charge is 2.10. The standard InChI is InChI=1S/C24H29N3O2S/c1-4-25-24(27-17-20-10-12-23(18(2)15-20)30(3,28)29)26-14-13-19-9-11-21-7-5-6-8-22(21)16-19/h5-12,15-16H,4,13-14,17H2,1-3H3,(H2,25,26,27). The average molecular weight is 424 g/mol. The smallest absolute Gasteiger partial charge is 0.191 e. The zero-order valence-electron chi connectivity index (χ0n) is 17.8. The second kappa shape index (κ2) is 9.76. The van der Waals surface area contributed by atoms with Gasteiger partial charge in [-0.25, -0.2) is 13.4 Å². The number of rotatable bonds is 7. The van der Waals surface area contributed by atoms with Crippen molar-refractivity contribution >= 4 is 26.6 Å². The number of guanidine groups is 1. The van der Waals surface area contributed by atoms with Crippen LogP contribution in [0.25, 0.3) is 10.8 Å². The van der Waals surface area contributed by atoms with Crippen LogP contribution in [0, 0.1) is 6.92 Å². The predicted octanol–water partition coefficient (Wildman–Crippen LogP) is 3.85. The van der Waals surface area contributed by atoms with Crippen LogP contribution in [0.1, 0.15) is 23.6 Å². The van der Waals surface area contributed by atoms with E-state index in [1.165, 1.54) is 22.6 Å². The summed E-state index contributed by atoms with van der Waals surface area (Å²) in [6.07, 6.45) is 2.13. The van der Waals surface area contributed by atoms with Crippen LogP contribution in [0.2, 0.25) is 0 Å². The lowest BCUT2D eigenvalue weighted by molar-refractivity contribution is 0.601. The van der Waals surface area contributed by atoms with Gasteiger partial charge in [0.25, 0.3) is 0 Å². The highest BCUT2D eigenvalue weighted by Crippen LogP contribution is 2.17. The first-order chi connectivity index (χ1) is 14.4. The molecule has 0 heterocycles. The summed E-state index contributed by atoms with van der Waals surface area (Å²) in [5, 5.41) is 9.15. The summed E-state index contributed by atoms with van der Waals surface area (Å²) < 4.78 is 23.6. The molecule has 0 amide bonds. The number of nitrogens with one attached hydrogen (secondary N) is 2. The second-order valence-electron chi connectivity index (χ2n) is 7.43. The SMILES string of the molecule is CCNC(=NCc1ccc(S(C)(=O)=O)c(C)c1)NCCc1ccc2ccccc2c1. The van der Waals surface area contributed by atoms with E-state index in [1.54, 1.807) is 6.07 Å². The van der Waals surface area contributed by atoms with E-state index in [2.05, 4.69) is 58.1 Å². The van der Waals surface area contributed by atoms with Crippen molar-refractivity contribution in [3.05, 3.63) is 77.4 Å². The first-order valence-electron chi connectivity index (χ1n) is 10.2. The van der Waals surface area contributed by atoms with Crippen LogP contribution in [-0.4, -0.2) is 33.7 Å². The number of fused-ring (bicyclic) bond motifs is 1. The van der Waals surface area contributed by atoms with Crippen molar-refractivity contribution in [2.75, 3.05) is 19.3 Å². The molecule has 3 rings (SSSR count). The van der Waals surface area contributed by atoms with E-state index in [0.717, 1.165) is 36.6 Å². The number of aryl methyl sites for hydroxylation is 1. The van der Waals surface area contributed by atoms with Crippen molar-refractivity contribution in [2.24, 2.45) is 4.99 Å². The molecule has 2 N–H and O–H groups in total. The van der Waals surface area contributed by atoms with E-state index < -0.39 is 9.84 Å². The zero-order chi connectivity index (χ0) is 21.6. The normalized spacial score (nSPS) is 12.2. The Kier molecular flexibility index (Phi) is 7.11. The minimum absolute atomic E-state index is 0.371. The Labute approximate surface area is 179 Å². The Morgan fingerprint density at radius 1 is 0.933 bits per heavy atom. The molecule has 3 aromatic carbocycles. The van der Waals surface area contributed by atoms with Gasteiger partial charge in [-0.05, 0) is 53.8 Å². The quantitative estimate of drug-likeness (QED) is 0.447. The molecule has 0 fully saturated rings. The van der Waals surface area contributed by atoms with Gasteiger partial charge in [-0.1, -0.05) is 54.6 Å². The summed E-state index contributed by atoms with van der Waals surface area (Å²) in [4.78, 5) is 5.01. The van der Waals surface area contributed by atoms with E-state index in [9.17, 15) is 8.42 Å². The maximum absolute atomic E-state index is 11.8. The van der Waals surface area contributed by atoms with E-state index >= 15 is 0 Å². The Hall–Kier alpha value is -2.86. The summed E-state index contributed by atoms with van der Waals surface area (Å²) >= 11 is 0. The Morgan fingerprint density at radius 3 is 2.37 bits per heavy atom. The summed E-state index contributed by atoms with van der Waals surface area (Å²) in [5.41, 5.74) is 3.01. The largest absolute Gasteiger partial charge is 0.357 e. The van der Waals surface area contributed by atoms with E-state index in [0.29, 0.717) is 11.4 Å². The van der Waals surface area contributed by atoms with Crippen molar-refractivity contribution in [1.29, 1.82) is 0 Å². The number of aliphatic imine (C=N–C) groups is 1. The first-order valence-corrected chi connectivity index (χ1v) is 12.1. The lowest BCUT2D eigenvalue weighted by atomic mass is 10.1. The molecule has 6 heteroatoms. The average Bonchev–Trinajstić information content (AvgIpc) is 2.71. The van der Waals surface area contributed by atoms with Gasteiger partial charge in [-0.15, -0.1) is 0 Å². The monoisotopic (exact) mass is 423 g/mol. The van der Waals surface area contributed by atoms with Crippen molar-refractivity contribution in [1.82, 2.24) is 10.6 Å². The summed E-state index contributed by atoms with van der Waals surface area (Å²) in [7, 11) is -3.20. The van der Waals surface area contributed by atoms with Gasteiger partial charge in [0.15, 0.2) is 15.8 Å². The molecule has 0 aliphatic carbocycles. The van der Waals surface area contributed by atoms with Gasteiger partial charge in [0.1, 0.15) is 0 Å². The molecule has 30 heavy (non-hydrogen) atoms. The van der Waals surface area contributed by atoms with Crippen LogP contribution in [-0.2, 0) is 22.8 Å². The van der Waals surface area contributed by atoms with Gasteiger partial charge in [-0.3, -0.25) is 0 Å². The van der Waals surface area contributed by atoms with E-state index in [-0.39, 0.29) is 0 Å². The molecule has 0 aliphatic rings. The molecule has 3 aromatic rings. The molecule has 158 valence electrons. The third kappa shape index (κ3) is 5.83. The van der Waals surface area contributed by atoms with Crippen LogP contribution in [0.5, 0.6) is 0 Å². The molecule has 0 saturated heterocycles. The Bertz CT molecular complexity index is 1150. The molecular weight excluding hydrogens is 394 g/mol. The lowest BCUT2D eigenvalue weighted by Gasteiger charge is -2.12. The zero-order valence-corrected chi connectivity index (χ0v) is 18.6. The maximum atomic E-state index is 11.8. The van der Waals surface area contributed by atoms with Crippen LogP contribution < -0.4 is 10.6 Å². The number of nitrogens with zero attached hydrogens (tertiary/aromatic N) is 1. The fourth-order valence-corrected chi connectivity index (χ4v) is 4.42. The van der Waals surface area contributed by atoms with Gasteiger partial charge >= 0.3 is 0 Å². The summed E-state index contributed by atoms with van der Waals surface area (Å²) in [6.45, 7) is 5.88. The van der Waals surface area contributed by atoms with Crippen molar-refractivity contribution in [3.63, 3.8) is 0 Å². The van der Waals surface area contributed by atoms with Crippen LogP contribution in [0.15, 0.2) is 70.6 Å². The highest BCUT2D eigenvalue weighted by molar-refractivity contribution is 7.90. The van der Waals surface area contributed by atoms with Crippen molar-refractivity contribution in [3.8, 4) is 0 Å². The summed E-state index contributed by atoms with van der Waals surface area (Å²) in [5.74, 6) is 0.753. The third-order valence-corrected chi connectivity index (χ3v) is 6.18. The van der Waals surface area contributed by atoms with Crippen molar-refractivity contribution in [2.45, 2.75) is 31.7 Å². The van der Waals surface area contributed by atoms with Gasteiger partial charge in [0.05, 0.1) is 11.4 Å².